The van der Waals surface area contributed by atoms with Gasteiger partial charge in [0.25, 0.3) is 0 Å². The second-order valence-corrected chi connectivity index (χ2v) is 13.2. The molecule has 0 unspecified atom stereocenters. The van der Waals surface area contributed by atoms with Crippen LogP contribution in [0.1, 0.15) is 206 Å². The standard InChI is InChI=1S/C35H71NS2.Cu/c1-3-5-7-9-11-13-15-17-19-21-23-25-27-29-31-33-36(35(37)38)34-32-30-28-26-24-22-20-18-16-14-12-10-8-6-4-2;/h3-34H2,1-2H3,(H,37,38);/q;+1/p-1. The Hall–Kier alpha value is 0.629. The van der Waals surface area contributed by atoms with Gasteiger partial charge in [0.2, 0.25) is 0 Å². The first-order chi connectivity index (χ1) is 18.7. The van der Waals surface area contributed by atoms with Gasteiger partial charge in [-0.15, -0.1) is 0 Å². The maximum atomic E-state index is 5.37. The SMILES string of the molecule is CCCCCCCCCCCCCCCCCN(CCCCCCCCCCCCCCCCC)C(=S)[S-].[Cu+]. The Kier molecular flexibility index (Phi) is 39.3. The zero-order valence-electron chi connectivity index (χ0n) is 26.7. The molecule has 0 spiro atoms. The van der Waals surface area contributed by atoms with Crippen LogP contribution in [-0.2, 0) is 29.7 Å². The Labute approximate surface area is 269 Å². The largest absolute Gasteiger partial charge is 1.00 e. The molecule has 0 aliphatic carbocycles. The molecule has 0 saturated heterocycles. The predicted molar refractivity (Wildman–Crippen MR) is 181 cm³/mol. The zero-order valence-corrected chi connectivity index (χ0v) is 29.3. The van der Waals surface area contributed by atoms with Crippen molar-refractivity contribution >= 4 is 29.2 Å². The van der Waals surface area contributed by atoms with E-state index >= 15 is 0 Å². The van der Waals surface area contributed by atoms with Crippen molar-refractivity contribution in [3.63, 3.8) is 0 Å². The minimum absolute atomic E-state index is 0. The Morgan fingerprint density at radius 2 is 0.564 bits per heavy atom. The van der Waals surface area contributed by atoms with Crippen LogP contribution >= 0.6 is 12.2 Å². The fourth-order valence-electron chi connectivity index (χ4n) is 5.64. The van der Waals surface area contributed by atoms with Gasteiger partial charge in [-0.1, -0.05) is 198 Å². The van der Waals surface area contributed by atoms with Crippen molar-refractivity contribution in [2.24, 2.45) is 0 Å². The van der Waals surface area contributed by atoms with Gasteiger partial charge in [-0.2, -0.15) is 0 Å². The summed E-state index contributed by atoms with van der Waals surface area (Å²) in [7, 11) is 0. The predicted octanol–water partition coefficient (Wildman–Crippen LogP) is 12.9. The molecule has 0 radical (unpaired) electrons. The van der Waals surface area contributed by atoms with Crippen molar-refractivity contribution < 1.29 is 17.1 Å². The number of unbranched alkanes of at least 4 members (excludes halogenated alkanes) is 28. The minimum atomic E-state index is 0. The fourth-order valence-corrected chi connectivity index (χ4v) is 6.01. The second kappa shape index (κ2) is 36.7. The molecule has 0 saturated carbocycles. The number of rotatable bonds is 32. The van der Waals surface area contributed by atoms with Crippen molar-refractivity contribution in [3.8, 4) is 0 Å². The van der Waals surface area contributed by atoms with Crippen LogP contribution in [0.2, 0.25) is 0 Å². The molecule has 4 heteroatoms. The van der Waals surface area contributed by atoms with Crippen molar-refractivity contribution in [3.05, 3.63) is 0 Å². The summed E-state index contributed by atoms with van der Waals surface area (Å²) in [5.41, 5.74) is 0. The number of hydrogen-bond donors (Lipinski definition) is 0. The summed E-state index contributed by atoms with van der Waals surface area (Å²) in [4.78, 5) is 2.30. The molecule has 0 bridgehead atoms. The van der Waals surface area contributed by atoms with Gasteiger partial charge in [-0.25, -0.2) is 0 Å². The van der Waals surface area contributed by atoms with Gasteiger partial charge >= 0.3 is 17.1 Å². The molecule has 0 aromatic rings. The molecule has 0 aromatic heterocycles. The van der Waals surface area contributed by atoms with Gasteiger partial charge in [-0.05, 0) is 12.8 Å². The summed E-state index contributed by atoms with van der Waals surface area (Å²) in [6.45, 7) is 6.76. The molecule has 0 fully saturated rings. The van der Waals surface area contributed by atoms with Crippen LogP contribution in [0, 0.1) is 0 Å². The molecule has 0 aliphatic heterocycles. The third kappa shape index (κ3) is 34.7. The van der Waals surface area contributed by atoms with Crippen LogP contribution in [0.25, 0.3) is 0 Å². The van der Waals surface area contributed by atoms with Gasteiger partial charge in [0.1, 0.15) is 0 Å². The van der Waals surface area contributed by atoms with E-state index in [1.54, 1.807) is 0 Å². The van der Waals surface area contributed by atoms with E-state index in [4.69, 9.17) is 24.8 Å². The van der Waals surface area contributed by atoms with E-state index in [0.717, 1.165) is 13.1 Å². The summed E-state index contributed by atoms with van der Waals surface area (Å²) >= 11 is 10.7. The molecule has 0 amide bonds. The molecular weight excluding hydrogens is 562 g/mol. The van der Waals surface area contributed by atoms with Crippen LogP contribution in [0.15, 0.2) is 0 Å². The quantitative estimate of drug-likeness (QED) is 0.0314. The third-order valence-corrected chi connectivity index (χ3v) is 8.84. The maximum absolute atomic E-state index is 5.37. The zero-order chi connectivity index (χ0) is 27.8. The van der Waals surface area contributed by atoms with E-state index in [2.05, 4.69) is 18.7 Å². The number of nitrogens with zero attached hydrogens (tertiary/aromatic N) is 1. The van der Waals surface area contributed by atoms with Gasteiger partial charge in [0.05, 0.1) is 0 Å². The Morgan fingerprint density at radius 3 is 0.744 bits per heavy atom. The van der Waals surface area contributed by atoms with E-state index in [9.17, 15) is 0 Å². The Balaban J connectivity index is 0. The van der Waals surface area contributed by atoms with E-state index < -0.39 is 0 Å². The van der Waals surface area contributed by atoms with Crippen LogP contribution < -0.4 is 0 Å². The topological polar surface area (TPSA) is 3.24 Å². The van der Waals surface area contributed by atoms with Gasteiger partial charge in [0.15, 0.2) is 0 Å². The summed E-state index contributed by atoms with van der Waals surface area (Å²) < 4.78 is 0.695. The summed E-state index contributed by atoms with van der Waals surface area (Å²) in [5, 5.41) is 0. The fraction of sp³-hybridized carbons (Fsp3) is 0.971. The monoisotopic (exact) mass is 631 g/mol. The summed E-state index contributed by atoms with van der Waals surface area (Å²) in [5.74, 6) is 0. The van der Waals surface area contributed by atoms with Crippen molar-refractivity contribution in [1.82, 2.24) is 4.90 Å². The normalized spacial score (nSPS) is 11.0. The summed E-state index contributed by atoms with van der Waals surface area (Å²) in [6.07, 6.45) is 42.5. The Morgan fingerprint density at radius 1 is 0.385 bits per heavy atom. The van der Waals surface area contributed by atoms with E-state index in [1.165, 1.54) is 193 Å². The van der Waals surface area contributed by atoms with Gasteiger partial charge in [-0.3, -0.25) is 0 Å². The van der Waals surface area contributed by atoms with E-state index in [-0.39, 0.29) is 17.1 Å². The average Bonchev–Trinajstić information content (AvgIpc) is 2.91. The molecule has 0 aromatic carbocycles. The first-order valence-electron chi connectivity index (χ1n) is 17.7. The minimum Gasteiger partial charge on any atom is -0.411 e. The van der Waals surface area contributed by atoms with Crippen molar-refractivity contribution in [2.75, 3.05) is 13.1 Å². The third-order valence-electron chi connectivity index (χ3n) is 8.32. The molecule has 0 N–H and O–H groups in total. The van der Waals surface area contributed by atoms with Crippen LogP contribution in [0.4, 0.5) is 0 Å². The Bertz CT molecular complexity index is 426. The molecule has 0 atom stereocenters. The van der Waals surface area contributed by atoms with Crippen molar-refractivity contribution in [2.45, 2.75) is 206 Å². The average molecular weight is 633 g/mol. The molecule has 0 heterocycles. The summed E-state index contributed by atoms with van der Waals surface area (Å²) in [6, 6.07) is 0. The molecule has 0 aliphatic rings. The molecule has 39 heavy (non-hydrogen) atoms. The molecule has 238 valence electrons. The molecule has 1 nitrogen and oxygen atoms in total. The van der Waals surface area contributed by atoms with E-state index in [1.807, 2.05) is 0 Å². The van der Waals surface area contributed by atoms with E-state index in [0.29, 0.717) is 4.32 Å². The molecule has 0 rings (SSSR count). The molecular formula is C35H70CuNS2. The van der Waals surface area contributed by atoms with Crippen LogP contribution in [0.3, 0.4) is 0 Å². The second-order valence-electron chi connectivity index (χ2n) is 12.2. The first kappa shape index (κ1) is 41.8. The van der Waals surface area contributed by atoms with Crippen LogP contribution in [-0.4, -0.2) is 22.3 Å². The number of hydrogen-bond acceptors (Lipinski definition) is 2. The maximum Gasteiger partial charge on any atom is 1.00 e. The first-order valence-corrected chi connectivity index (χ1v) is 18.5. The smallest absolute Gasteiger partial charge is 0.411 e. The van der Waals surface area contributed by atoms with Crippen LogP contribution in [0.5, 0.6) is 0 Å². The van der Waals surface area contributed by atoms with Gasteiger partial charge in [0, 0.05) is 13.1 Å². The van der Waals surface area contributed by atoms with Crippen molar-refractivity contribution in [1.29, 1.82) is 0 Å². The van der Waals surface area contributed by atoms with Gasteiger partial charge < -0.3 is 29.7 Å². The number of thiocarbonyl (C=S) groups is 1.